The van der Waals surface area contributed by atoms with Crippen LogP contribution in [0.3, 0.4) is 0 Å². The highest BCUT2D eigenvalue weighted by atomic mass is 32.1. The molecule has 0 aromatic carbocycles. The summed E-state index contributed by atoms with van der Waals surface area (Å²) in [5.41, 5.74) is 1.52. The lowest BCUT2D eigenvalue weighted by atomic mass is 10.1. The maximum Gasteiger partial charge on any atom is 0.0615 e. The topological polar surface area (TPSA) is 12.5 Å². The van der Waals surface area contributed by atoms with Gasteiger partial charge in [0.25, 0.3) is 0 Å². The molecule has 0 N–H and O–H groups in total. The maximum absolute atomic E-state index is 5.19. The molecule has 0 bridgehead atoms. The summed E-state index contributed by atoms with van der Waals surface area (Å²) in [5.74, 6) is 0. The Hall–Kier alpha value is -0.380. The average molecular weight is 211 g/mol. The van der Waals surface area contributed by atoms with Crippen LogP contribution in [-0.4, -0.2) is 31.2 Å². The molecule has 78 valence electrons. The quantitative estimate of drug-likeness (QED) is 0.759. The molecule has 0 unspecified atom stereocenters. The molecule has 0 fully saturated rings. The molecule has 0 spiro atoms. The van der Waals surface area contributed by atoms with Crippen LogP contribution in [0.5, 0.6) is 0 Å². The van der Waals surface area contributed by atoms with Gasteiger partial charge in [0.15, 0.2) is 0 Å². The lowest BCUT2D eigenvalue weighted by molar-refractivity contribution is 0.0914. The number of methoxy groups -OCH3 is 1. The fourth-order valence-electron chi connectivity index (χ4n) is 1.99. The van der Waals surface area contributed by atoms with Crippen LogP contribution in [0.15, 0.2) is 11.4 Å². The summed E-state index contributed by atoms with van der Waals surface area (Å²) in [6.45, 7) is 5.35. The molecule has 0 radical (unpaired) electrons. The Balaban J connectivity index is 2.00. The van der Waals surface area contributed by atoms with Gasteiger partial charge in [0, 0.05) is 31.1 Å². The Labute approximate surface area is 89.5 Å². The molecule has 14 heavy (non-hydrogen) atoms. The van der Waals surface area contributed by atoms with Crippen LogP contribution < -0.4 is 0 Å². The van der Waals surface area contributed by atoms with Crippen molar-refractivity contribution in [1.29, 1.82) is 0 Å². The standard InChI is InChI=1S/C11H17NOS/c1-9(8-13-2)12-5-3-11-10(7-12)4-6-14-11/h4,6,9H,3,5,7-8H2,1-2H3/t9-/m1/s1. The van der Waals surface area contributed by atoms with Gasteiger partial charge in [-0.25, -0.2) is 0 Å². The Morgan fingerprint density at radius 3 is 3.29 bits per heavy atom. The van der Waals surface area contributed by atoms with Crippen LogP contribution in [0.25, 0.3) is 0 Å². The SMILES string of the molecule is COC[C@@H](C)N1CCc2sccc2C1. The number of fused-ring (bicyclic) bond motifs is 1. The lowest BCUT2D eigenvalue weighted by Crippen LogP contribution is -2.39. The van der Waals surface area contributed by atoms with Gasteiger partial charge in [-0.2, -0.15) is 0 Å². The lowest BCUT2D eigenvalue weighted by Gasteiger charge is -2.31. The molecule has 1 aliphatic rings. The fourth-order valence-corrected chi connectivity index (χ4v) is 2.88. The van der Waals surface area contributed by atoms with Crippen molar-refractivity contribution in [1.82, 2.24) is 4.90 Å². The van der Waals surface area contributed by atoms with Gasteiger partial charge in [-0.3, -0.25) is 4.90 Å². The number of hydrogen-bond donors (Lipinski definition) is 0. The van der Waals surface area contributed by atoms with Crippen molar-refractivity contribution >= 4 is 11.3 Å². The summed E-state index contributed by atoms with van der Waals surface area (Å²) in [7, 11) is 1.77. The minimum Gasteiger partial charge on any atom is -0.383 e. The molecule has 1 aliphatic heterocycles. The van der Waals surface area contributed by atoms with E-state index >= 15 is 0 Å². The van der Waals surface area contributed by atoms with Crippen LogP contribution in [0, 0.1) is 0 Å². The number of rotatable bonds is 3. The van der Waals surface area contributed by atoms with Crippen molar-refractivity contribution in [2.45, 2.75) is 25.9 Å². The summed E-state index contributed by atoms with van der Waals surface area (Å²) in [6, 6.07) is 2.79. The maximum atomic E-state index is 5.19. The normalized spacial score (nSPS) is 19.3. The van der Waals surface area contributed by atoms with E-state index in [-0.39, 0.29) is 0 Å². The molecule has 2 nitrogen and oxygen atoms in total. The van der Waals surface area contributed by atoms with E-state index in [9.17, 15) is 0 Å². The highest BCUT2D eigenvalue weighted by molar-refractivity contribution is 7.10. The van der Waals surface area contributed by atoms with Gasteiger partial charge in [0.2, 0.25) is 0 Å². The molecule has 0 saturated carbocycles. The van der Waals surface area contributed by atoms with Crippen molar-refractivity contribution in [2.75, 3.05) is 20.3 Å². The minimum absolute atomic E-state index is 0.535. The van der Waals surface area contributed by atoms with E-state index in [1.807, 2.05) is 11.3 Å². The summed E-state index contributed by atoms with van der Waals surface area (Å²) >= 11 is 1.89. The summed E-state index contributed by atoms with van der Waals surface area (Å²) < 4.78 is 5.19. The monoisotopic (exact) mass is 211 g/mol. The van der Waals surface area contributed by atoms with Crippen molar-refractivity contribution in [3.63, 3.8) is 0 Å². The predicted octanol–water partition coefficient (Wildman–Crippen LogP) is 2.14. The third-order valence-corrected chi connectivity index (χ3v) is 3.89. The van der Waals surface area contributed by atoms with Gasteiger partial charge in [-0.05, 0) is 30.4 Å². The molecule has 0 saturated heterocycles. The van der Waals surface area contributed by atoms with Crippen LogP contribution in [0.2, 0.25) is 0 Å². The summed E-state index contributed by atoms with van der Waals surface area (Å²) in [4.78, 5) is 4.07. The van der Waals surface area contributed by atoms with Gasteiger partial charge >= 0.3 is 0 Å². The molecule has 1 atom stereocenters. The molecule has 1 aromatic heterocycles. The van der Waals surface area contributed by atoms with Crippen molar-refractivity contribution in [3.05, 3.63) is 21.9 Å². The van der Waals surface area contributed by atoms with Crippen molar-refractivity contribution in [3.8, 4) is 0 Å². The van der Waals surface area contributed by atoms with E-state index in [4.69, 9.17) is 4.74 Å². The van der Waals surface area contributed by atoms with E-state index in [1.54, 1.807) is 12.0 Å². The minimum atomic E-state index is 0.535. The third kappa shape index (κ3) is 2.00. The molecule has 0 aliphatic carbocycles. The number of hydrogen-bond acceptors (Lipinski definition) is 3. The van der Waals surface area contributed by atoms with Gasteiger partial charge in [-0.1, -0.05) is 0 Å². The summed E-state index contributed by atoms with van der Waals surface area (Å²) in [6.07, 6.45) is 1.21. The first-order chi connectivity index (χ1) is 6.81. The second-order valence-corrected chi connectivity index (χ2v) is 4.89. The van der Waals surface area contributed by atoms with E-state index in [0.29, 0.717) is 6.04 Å². The van der Waals surface area contributed by atoms with Gasteiger partial charge < -0.3 is 4.74 Å². The first-order valence-corrected chi connectivity index (χ1v) is 5.97. The second kappa shape index (κ2) is 4.43. The first-order valence-electron chi connectivity index (χ1n) is 5.09. The molecular formula is C11H17NOS. The molecule has 1 aromatic rings. The van der Waals surface area contributed by atoms with Crippen LogP contribution in [0.4, 0.5) is 0 Å². The molecular weight excluding hydrogens is 194 g/mol. The average Bonchev–Trinajstić information content (AvgIpc) is 2.64. The van der Waals surface area contributed by atoms with Crippen molar-refractivity contribution < 1.29 is 4.74 Å². The zero-order valence-electron chi connectivity index (χ0n) is 8.82. The first kappa shape index (κ1) is 10.1. The third-order valence-electron chi connectivity index (χ3n) is 2.87. The summed E-state index contributed by atoms with van der Waals surface area (Å²) in [5, 5.41) is 2.20. The van der Waals surface area contributed by atoms with Crippen molar-refractivity contribution in [2.24, 2.45) is 0 Å². The highest BCUT2D eigenvalue weighted by Crippen LogP contribution is 2.24. The Kier molecular flexibility index (Phi) is 3.21. The predicted molar refractivity (Wildman–Crippen MR) is 59.8 cm³/mol. The zero-order valence-corrected chi connectivity index (χ0v) is 9.64. The smallest absolute Gasteiger partial charge is 0.0615 e. The molecule has 0 amide bonds. The van der Waals surface area contributed by atoms with Crippen LogP contribution >= 0.6 is 11.3 Å². The largest absolute Gasteiger partial charge is 0.383 e. The number of thiophene rings is 1. The highest BCUT2D eigenvalue weighted by Gasteiger charge is 2.20. The Bertz CT molecular complexity index is 297. The second-order valence-electron chi connectivity index (χ2n) is 3.89. The molecule has 3 heteroatoms. The molecule has 2 rings (SSSR count). The fraction of sp³-hybridized carbons (Fsp3) is 0.636. The molecule has 2 heterocycles. The zero-order chi connectivity index (χ0) is 9.97. The Morgan fingerprint density at radius 2 is 2.50 bits per heavy atom. The van der Waals surface area contributed by atoms with Gasteiger partial charge in [0.1, 0.15) is 0 Å². The van der Waals surface area contributed by atoms with E-state index < -0.39 is 0 Å². The number of ether oxygens (including phenoxy) is 1. The van der Waals surface area contributed by atoms with E-state index in [2.05, 4.69) is 23.3 Å². The van der Waals surface area contributed by atoms with Crippen LogP contribution in [0.1, 0.15) is 17.4 Å². The Morgan fingerprint density at radius 1 is 1.64 bits per heavy atom. The van der Waals surface area contributed by atoms with Gasteiger partial charge in [0.05, 0.1) is 6.61 Å². The van der Waals surface area contributed by atoms with E-state index in [1.165, 1.54) is 18.5 Å². The van der Waals surface area contributed by atoms with E-state index in [0.717, 1.165) is 13.2 Å². The van der Waals surface area contributed by atoms with Crippen LogP contribution in [-0.2, 0) is 17.7 Å². The number of nitrogens with zero attached hydrogens (tertiary/aromatic N) is 1. The van der Waals surface area contributed by atoms with Gasteiger partial charge in [-0.15, -0.1) is 11.3 Å².